The summed E-state index contributed by atoms with van der Waals surface area (Å²) in [6, 6.07) is 2.08. The fourth-order valence-electron chi connectivity index (χ4n) is 5.96. The third-order valence-corrected chi connectivity index (χ3v) is 7.82. The van der Waals surface area contributed by atoms with Crippen LogP contribution in [0.4, 0.5) is 0 Å². The highest BCUT2D eigenvalue weighted by Gasteiger charge is 2.43. The molecule has 1 heterocycles. The van der Waals surface area contributed by atoms with Gasteiger partial charge in [0.1, 0.15) is 6.10 Å². The largest absolute Gasteiger partial charge is 0.481 e. The van der Waals surface area contributed by atoms with Crippen LogP contribution >= 0.6 is 0 Å². The molecular weight excluding hydrogens is 462 g/mol. The molecule has 0 spiro atoms. The zero-order valence-electron chi connectivity index (χ0n) is 21.9. The van der Waals surface area contributed by atoms with Crippen LogP contribution in [0.25, 0.3) is 0 Å². The number of carbonyl (C=O) groups excluding carboxylic acids is 1. The van der Waals surface area contributed by atoms with Crippen molar-refractivity contribution in [1.82, 2.24) is 0 Å². The molecule has 8 nitrogen and oxygen atoms in total. The number of carboxylic acids is 1. The van der Waals surface area contributed by atoms with E-state index in [1.807, 2.05) is 13.8 Å². The van der Waals surface area contributed by atoms with Gasteiger partial charge in [0.15, 0.2) is 0 Å². The van der Waals surface area contributed by atoms with Crippen molar-refractivity contribution in [2.24, 2.45) is 35.5 Å². The second-order valence-corrected chi connectivity index (χ2v) is 11.2. The SMILES string of the molecule is C[C@@H]1C[C@H](C)C[C@H](C)[C@@H](O)CC(=O)O[C@H]([C@@H]2C[C@@H](O)C[C@H]2C(=O)O)C/C=C/C=C(/C#N)[C@H](O)[C@@H](C)C1. The fraction of sp³-hybridized carbons (Fsp3) is 0.750. The minimum Gasteiger partial charge on any atom is -0.481 e. The Labute approximate surface area is 214 Å². The molecule has 0 amide bonds. The van der Waals surface area contributed by atoms with Gasteiger partial charge in [0.25, 0.3) is 0 Å². The molecule has 0 radical (unpaired) electrons. The summed E-state index contributed by atoms with van der Waals surface area (Å²) in [7, 11) is 0. The molecule has 4 N–H and O–H groups in total. The number of aliphatic carboxylic acids is 1. The Bertz CT molecular complexity index is 847. The van der Waals surface area contributed by atoms with E-state index >= 15 is 0 Å². The van der Waals surface area contributed by atoms with E-state index in [2.05, 4.69) is 19.9 Å². The Balaban J connectivity index is 2.33. The smallest absolute Gasteiger partial charge is 0.308 e. The van der Waals surface area contributed by atoms with Crippen molar-refractivity contribution in [2.45, 2.75) is 97.1 Å². The van der Waals surface area contributed by atoms with Gasteiger partial charge in [0.05, 0.1) is 42.3 Å². The van der Waals surface area contributed by atoms with Crippen LogP contribution in [-0.2, 0) is 14.3 Å². The molecule has 0 bridgehead atoms. The van der Waals surface area contributed by atoms with Crippen molar-refractivity contribution in [1.29, 1.82) is 5.26 Å². The molecule has 10 atom stereocenters. The second-order valence-electron chi connectivity index (χ2n) is 11.2. The molecule has 1 fully saturated rings. The number of carboxylic acid groups (broad SMARTS) is 1. The molecule has 1 aliphatic heterocycles. The molecule has 0 saturated heterocycles. The van der Waals surface area contributed by atoms with Crippen LogP contribution < -0.4 is 0 Å². The van der Waals surface area contributed by atoms with Crippen LogP contribution in [0.2, 0.25) is 0 Å². The minimum absolute atomic E-state index is 0.0936. The maximum atomic E-state index is 12.8. The van der Waals surface area contributed by atoms with Crippen LogP contribution in [0.5, 0.6) is 0 Å². The normalized spacial score (nSPS) is 42.2. The van der Waals surface area contributed by atoms with Crippen molar-refractivity contribution < 1.29 is 34.8 Å². The maximum Gasteiger partial charge on any atom is 0.308 e. The number of allylic oxidation sites excluding steroid dienone is 2. The number of cyclic esters (lactones) is 1. The van der Waals surface area contributed by atoms with Gasteiger partial charge >= 0.3 is 11.9 Å². The number of carbonyl (C=O) groups is 2. The van der Waals surface area contributed by atoms with Gasteiger partial charge in [-0.3, -0.25) is 9.59 Å². The third kappa shape index (κ3) is 8.72. The highest BCUT2D eigenvalue weighted by Crippen LogP contribution is 2.37. The molecule has 8 heteroatoms. The van der Waals surface area contributed by atoms with E-state index in [1.165, 1.54) is 0 Å². The van der Waals surface area contributed by atoms with Crippen molar-refractivity contribution >= 4 is 11.9 Å². The molecule has 1 saturated carbocycles. The summed E-state index contributed by atoms with van der Waals surface area (Å²) in [5.41, 5.74) is 0.241. The van der Waals surface area contributed by atoms with Gasteiger partial charge in [0.2, 0.25) is 0 Å². The van der Waals surface area contributed by atoms with Crippen molar-refractivity contribution in [2.75, 3.05) is 0 Å². The first kappa shape index (κ1) is 30.0. The quantitative estimate of drug-likeness (QED) is 0.416. The Morgan fingerprint density at radius 3 is 2.25 bits per heavy atom. The van der Waals surface area contributed by atoms with Gasteiger partial charge < -0.3 is 25.2 Å². The summed E-state index contributed by atoms with van der Waals surface area (Å²) in [5.74, 6) is -2.69. The predicted octanol–water partition coefficient (Wildman–Crippen LogP) is 3.61. The average Bonchev–Trinajstić information content (AvgIpc) is 3.18. The lowest BCUT2D eigenvalue weighted by Gasteiger charge is -2.28. The van der Waals surface area contributed by atoms with Gasteiger partial charge in [-0.05, 0) is 61.9 Å². The maximum absolute atomic E-state index is 12.8. The summed E-state index contributed by atoms with van der Waals surface area (Å²) in [6.45, 7) is 8.06. The lowest BCUT2D eigenvalue weighted by atomic mass is 9.82. The lowest BCUT2D eigenvalue weighted by molar-refractivity contribution is -0.159. The number of ether oxygens (including phenoxy) is 1. The van der Waals surface area contributed by atoms with Gasteiger partial charge in [0, 0.05) is 12.3 Å². The molecule has 0 unspecified atom stereocenters. The molecule has 0 aromatic carbocycles. The van der Waals surface area contributed by atoms with E-state index in [1.54, 1.807) is 18.2 Å². The highest BCUT2D eigenvalue weighted by molar-refractivity contribution is 5.72. The van der Waals surface area contributed by atoms with Crippen molar-refractivity contribution in [3.05, 3.63) is 23.8 Å². The summed E-state index contributed by atoms with van der Waals surface area (Å²) in [5, 5.41) is 50.8. The summed E-state index contributed by atoms with van der Waals surface area (Å²) in [4.78, 5) is 24.6. The Hall–Kier alpha value is -2.21. The number of hydrogen-bond donors (Lipinski definition) is 4. The first-order valence-corrected chi connectivity index (χ1v) is 13.2. The molecule has 2 rings (SSSR count). The number of hydrogen-bond acceptors (Lipinski definition) is 7. The zero-order valence-corrected chi connectivity index (χ0v) is 21.9. The standard InChI is InChI=1S/C28H43NO7/c1-16-9-17(2)11-19(4)27(33)20(15-29)7-5-6-8-25(22-12-21(30)13-23(22)28(34)35)36-26(32)14-24(31)18(3)10-16/h5-7,16-19,21-25,27,30-31,33H,8-14H2,1-4H3,(H,34,35)/b6-5+,20-7-/t16-,17+,18-,19-,21+,22+,23+,24-,25-,27+/m0/s1. The summed E-state index contributed by atoms with van der Waals surface area (Å²) >= 11 is 0. The van der Waals surface area contributed by atoms with E-state index in [-0.39, 0.29) is 43.1 Å². The third-order valence-electron chi connectivity index (χ3n) is 7.82. The van der Waals surface area contributed by atoms with Gasteiger partial charge in [-0.15, -0.1) is 0 Å². The molecule has 0 aromatic rings. The zero-order chi connectivity index (χ0) is 27.0. The first-order chi connectivity index (χ1) is 16.9. The van der Waals surface area contributed by atoms with Gasteiger partial charge in [-0.1, -0.05) is 39.8 Å². The summed E-state index contributed by atoms with van der Waals surface area (Å²) < 4.78 is 5.70. The van der Waals surface area contributed by atoms with Crippen LogP contribution in [0.15, 0.2) is 23.8 Å². The fourth-order valence-corrected chi connectivity index (χ4v) is 5.96. The average molecular weight is 506 g/mol. The van der Waals surface area contributed by atoms with E-state index < -0.39 is 48.2 Å². The predicted molar refractivity (Wildman–Crippen MR) is 134 cm³/mol. The monoisotopic (exact) mass is 505 g/mol. The molecule has 0 aromatic heterocycles. The van der Waals surface area contributed by atoms with E-state index in [4.69, 9.17) is 4.74 Å². The number of nitrogens with zero attached hydrogens (tertiary/aromatic N) is 1. The summed E-state index contributed by atoms with van der Waals surface area (Å²) in [6.07, 6.45) is 4.14. The molecule has 202 valence electrons. The van der Waals surface area contributed by atoms with Crippen LogP contribution in [0, 0.1) is 46.8 Å². The molecular formula is C28H43NO7. The Morgan fingerprint density at radius 2 is 1.64 bits per heavy atom. The second kappa shape index (κ2) is 13.9. The Kier molecular flexibility index (Phi) is 11.6. The van der Waals surface area contributed by atoms with E-state index in [0.29, 0.717) is 11.8 Å². The number of aliphatic hydroxyl groups excluding tert-OH is 3. The van der Waals surface area contributed by atoms with Crippen molar-refractivity contribution in [3.8, 4) is 6.07 Å². The van der Waals surface area contributed by atoms with Crippen LogP contribution in [0.1, 0.15) is 72.6 Å². The van der Waals surface area contributed by atoms with Crippen molar-refractivity contribution in [3.63, 3.8) is 0 Å². The highest BCUT2D eigenvalue weighted by atomic mass is 16.5. The Morgan fingerprint density at radius 1 is 1.00 bits per heavy atom. The van der Waals surface area contributed by atoms with E-state index in [9.17, 15) is 35.3 Å². The first-order valence-electron chi connectivity index (χ1n) is 13.2. The number of aliphatic hydroxyl groups is 3. The van der Waals surface area contributed by atoms with Gasteiger partial charge in [-0.2, -0.15) is 5.26 Å². The van der Waals surface area contributed by atoms with Crippen LogP contribution in [0.3, 0.4) is 0 Å². The molecule has 2 aliphatic rings. The molecule has 36 heavy (non-hydrogen) atoms. The van der Waals surface area contributed by atoms with Gasteiger partial charge in [-0.25, -0.2) is 0 Å². The number of rotatable bonds is 2. The number of nitriles is 1. The topological polar surface area (TPSA) is 148 Å². The number of esters is 1. The minimum atomic E-state index is -1.04. The van der Waals surface area contributed by atoms with Crippen LogP contribution in [-0.4, -0.2) is 56.8 Å². The lowest BCUT2D eigenvalue weighted by Crippen LogP contribution is -2.34. The molecule has 1 aliphatic carbocycles. The van der Waals surface area contributed by atoms with E-state index in [0.717, 1.165) is 19.3 Å².